The lowest BCUT2D eigenvalue weighted by molar-refractivity contribution is 0.102. The fourth-order valence-electron chi connectivity index (χ4n) is 2.15. The van der Waals surface area contributed by atoms with Crippen molar-refractivity contribution in [2.45, 2.75) is 6.92 Å². The Morgan fingerprint density at radius 2 is 1.85 bits per heavy atom. The fourth-order valence-corrected chi connectivity index (χ4v) is 2.15. The van der Waals surface area contributed by atoms with Gasteiger partial charge in [0, 0.05) is 5.69 Å². The molecule has 0 saturated heterocycles. The monoisotopic (exact) mass is 267 g/mol. The van der Waals surface area contributed by atoms with E-state index in [0.29, 0.717) is 16.6 Å². The summed E-state index contributed by atoms with van der Waals surface area (Å²) in [5.74, 6) is -0.250. The van der Waals surface area contributed by atoms with Gasteiger partial charge in [0.15, 0.2) is 0 Å². The molecule has 5 heteroatoms. The Hall–Kier alpha value is -2.82. The highest BCUT2D eigenvalue weighted by atomic mass is 16.2. The molecule has 0 aliphatic carbocycles. The molecule has 0 aliphatic rings. The van der Waals surface area contributed by atoms with E-state index in [1.165, 1.54) is 0 Å². The van der Waals surface area contributed by atoms with Crippen LogP contribution in [0.15, 0.2) is 47.3 Å². The van der Waals surface area contributed by atoms with Crippen LogP contribution in [0.25, 0.3) is 11.0 Å². The molecule has 0 spiro atoms. The van der Waals surface area contributed by atoms with E-state index < -0.39 is 0 Å². The van der Waals surface area contributed by atoms with Gasteiger partial charge in [-0.3, -0.25) is 4.79 Å². The van der Waals surface area contributed by atoms with Crippen molar-refractivity contribution < 1.29 is 4.79 Å². The van der Waals surface area contributed by atoms with E-state index in [0.717, 1.165) is 11.3 Å². The Morgan fingerprint density at radius 3 is 2.65 bits per heavy atom. The molecule has 3 rings (SSSR count). The van der Waals surface area contributed by atoms with Gasteiger partial charge in [0.05, 0.1) is 16.6 Å². The Labute approximate surface area is 114 Å². The van der Waals surface area contributed by atoms with Crippen LogP contribution in [0.5, 0.6) is 0 Å². The van der Waals surface area contributed by atoms with E-state index >= 15 is 0 Å². The summed E-state index contributed by atoms with van der Waals surface area (Å²) >= 11 is 0. The summed E-state index contributed by atoms with van der Waals surface area (Å²) in [4.78, 5) is 29.0. The molecule has 0 saturated carbocycles. The van der Waals surface area contributed by atoms with Crippen molar-refractivity contribution in [2.24, 2.45) is 0 Å². The van der Waals surface area contributed by atoms with E-state index in [1.54, 1.807) is 18.2 Å². The Morgan fingerprint density at radius 1 is 1.05 bits per heavy atom. The van der Waals surface area contributed by atoms with Crippen LogP contribution in [0.1, 0.15) is 15.9 Å². The number of nitrogens with one attached hydrogen (secondary N) is 3. The highest BCUT2D eigenvalue weighted by Gasteiger charge is 2.12. The number of imidazole rings is 1. The first-order valence-electron chi connectivity index (χ1n) is 6.23. The van der Waals surface area contributed by atoms with Gasteiger partial charge in [0.1, 0.15) is 0 Å². The number of fused-ring (bicyclic) bond motifs is 1. The quantitative estimate of drug-likeness (QED) is 0.666. The second-order valence-corrected chi connectivity index (χ2v) is 4.58. The number of benzene rings is 2. The van der Waals surface area contributed by atoms with Gasteiger partial charge in [0.2, 0.25) is 0 Å². The molecule has 5 nitrogen and oxygen atoms in total. The van der Waals surface area contributed by atoms with Gasteiger partial charge in [-0.05, 0) is 30.7 Å². The maximum Gasteiger partial charge on any atom is 0.323 e. The van der Waals surface area contributed by atoms with Crippen LogP contribution in [-0.4, -0.2) is 15.9 Å². The SMILES string of the molecule is Cc1ccccc1NC(=O)c1cccc2[nH]c(=O)[nH]c12. The number of para-hydroxylation sites is 2. The second kappa shape index (κ2) is 4.70. The van der Waals surface area contributed by atoms with E-state index in [2.05, 4.69) is 15.3 Å². The fraction of sp³-hybridized carbons (Fsp3) is 0.0667. The van der Waals surface area contributed by atoms with Crippen molar-refractivity contribution in [2.75, 3.05) is 5.32 Å². The van der Waals surface area contributed by atoms with Crippen LogP contribution >= 0.6 is 0 Å². The lowest BCUT2D eigenvalue weighted by atomic mass is 10.1. The minimum atomic E-state index is -0.323. The van der Waals surface area contributed by atoms with Crippen molar-refractivity contribution >= 4 is 22.6 Å². The van der Waals surface area contributed by atoms with Crippen molar-refractivity contribution in [1.29, 1.82) is 0 Å². The summed E-state index contributed by atoms with van der Waals surface area (Å²) in [6.45, 7) is 1.92. The average Bonchev–Trinajstić information content (AvgIpc) is 2.81. The summed E-state index contributed by atoms with van der Waals surface area (Å²) in [6.07, 6.45) is 0. The second-order valence-electron chi connectivity index (χ2n) is 4.58. The molecule has 1 amide bonds. The van der Waals surface area contributed by atoms with Crippen LogP contribution in [-0.2, 0) is 0 Å². The summed E-state index contributed by atoms with van der Waals surface area (Å²) < 4.78 is 0. The predicted molar refractivity (Wildman–Crippen MR) is 78.1 cm³/mol. The highest BCUT2D eigenvalue weighted by Crippen LogP contribution is 2.18. The number of aryl methyl sites for hydroxylation is 1. The van der Waals surface area contributed by atoms with E-state index in [9.17, 15) is 9.59 Å². The summed E-state index contributed by atoms with van der Waals surface area (Å²) in [6, 6.07) is 12.7. The van der Waals surface area contributed by atoms with Crippen molar-refractivity contribution in [1.82, 2.24) is 9.97 Å². The lowest BCUT2D eigenvalue weighted by Crippen LogP contribution is -2.13. The van der Waals surface area contributed by atoms with Crippen molar-refractivity contribution in [3.8, 4) is 0 Å². The van der Waals surface area contributed by atoms with Gasteiger partial charge in [-0.15, -0.1) is 0 Å². The summed E-state index contributed by atoms with van der Waals surface area (Å²) in [7, 11) is 0. The summed E-state index contributed by atoms with van der Waals surface area (Å²) in [5.41, 5.74) is 2.99. The maximum absolute atomic E-state index is 12.3. The summed E-state index contributed by atoms with van der Waals surface area (Å²) in [5, 5.41) is 2.85. The van der Waals surface area contributed by atoms with Crippen LogP contribution in [0.4, 0.5) is 5.69 Å². The third-order valence-electron chi connectivity index (χ3n) is 3.19. The van der Waals surface area contributed by atoms with Crippen LogP contribution < -0.4 is 11.0 Å². The van der Waals surface area contributed by atoms with Crippen molar-refractivity contribution in [3.63, 3.8) is 0 Å². The van der Waals surface area contributed by atoms with Crippen LogP contribution in [0.2, 0.25) is 0 Å². The Kier molecular flexibility index (Phi) is 2.87. The Balaban J connectivity index is 2.01. The largest absolute Gasteiger partial charge is 0.323 e. The topological polar surface area (TPSA) is 77.8 Å². The zero-order valence-electron chi connectivity index (χ0n) is 10.9. The number of anilines is 1. The van der Waals surface area contributed by atoms with Gasteiger partial charge in [0.25, 0.3) is 5.91 Å². The first-order valence-corrected chi connectivity index (χ1v) is 6.23. The van der Waals surface area contributed by atoms with Gasteiger partial charge in [-0.25, -0.2) is 4.79 Å². The van der Waals surface area contributed by atoms with Gasteiger partial charge >= 0.3 is 5.69 Å². The minimum absolute atomic E-state index is 0.250. The number of carbonyl (C=O) groups is 1. The molecule has 3 N–H and O–H groups in total. The number of hydrogen-bond acceptors (Lipinski definition) is 2. The van der Waals surface area contributed by atoms with E-state index in [4.69, 9.17) is 0 Å². The molecule has 0 unspecified atom stereocenters. The molecule has 100 valence electrons. The number of rotatable bonds is 2. The maximum atomic E-state index is 12.3. The molecule has 0 fully saturated rings. The zero-order chi connectivity index (χ0) is 14.1. The molecule has 3 aromatic rings. The molecule has 0 atom stereocenters. The molecular formula is C15H13N3O2. The number of hydrogen-bond donors (Lipinski definition) is 3. The number of carbonyl (C=O) groups excluding carboxylic acids is 1. The molecule has 0 bridgehead atoms. The normalized spacial score (nSPS) is 10.7. The van der Waals surface area contributed by atoms with Gasteiger partial charge in [-0.2, -0.15) is 0 Å². The lowest BCUT2D eigenvalue weighted by Gasteiger charge is -2.08. The minimum Gasteiger partial charge on any atom is -0.322 e. The zero-order valence-corrected chi connectivity index (χ0v) is 10.9. The van der Waals surface area contributed by atoms with E-state index in [-0.39, 0.29) is 11.6 Å². The number of H-pyrrole nitrogens is 2. The molecule has 1 heterocycles. The van der Waals surface area contributed by atoms with E-state index in [1.807, 2.05) is 31.2 Å². The number of amides is 1. The van der Waals surface area contributed by atoms with Gasteiger partial charge in [-0.1, -0.05) is 24.3 Å². The first kappa shape index (κ1) is 12.2. The van der Waals surface area contributed by atoms with Gasteiger partial charge < -0.3 is 15.3 Å². The third kappa shape index (κ3) is 2.09. The first-order chi connectivity index (χ1) is 9.65. The standard InChI is InChI=1S/C15H13N3O2/c1-9-5-2-3-7-11(9)16-14(19)10-6-4-8-12-13(10)18-15(20)17-12/h2-8H,1H3,(H,16,19)(H2,17,18,20). The Bertz CT molecular complexity index is 845. The molecule has 0 aliphatic heterocycles. The highest BCUT2D eigenvalue weighted by molar-refractivity contribution is 6.11. The molecule has 2 aromatic carbocycles. The smallest absolute Gasteiger partial charge is 0.322 e. The molecule has 0 radical (unpaired) electrons. The number of aromatic amines is 2. The third-order valence-corrected chi connectivity index (χ3v) is 3.19. The predicted octanol–water partition coefficient (Wildman–Crippen LogP) is 2.42. The van der Waals surface area contributed by atoms with Crippen molar-refractivity contribution in [3.05, 3.63) is 64.1 Å². The molecular weight excluding hydrogens is 254 g/mol. The van der Waals surface area contributed by atoms with Crippen LogP contribution in [0, 0.1) is 6.92 Å². The average molecular weight is 267 g/mol. The number of aromatic nitrogens is 2. The molecule has 20 heavy (non-hydrogen) atoms. The molecule has 1 aromatic heterocycles. The van der Waals surface area contributed by atoms with Crippen LogP contribution in [0.3, 0.4) is 0 Å².